The number of aromatic amines is 1. The topological polar surface area (TPSA) is 85.4 Å². The minimum absolute atomic E-state index is 0. The van der Waals surface area contributed by atoms with Crippen LogP contribution in [0.4, 0.5) is 11.4 Å². The summed E-state index contributed by atoms with van der Waals surface area (Å²) in [4.78, 5) is 28.4. The second-order valence-corrected chi connectivity index (χ2v) is 6.39. The second kappa shape index (κ2) is 9.14. The van der Waals surface area contributed by atoms with E-state index in [1.807, 2.05) is 37.1 Å². The molecule has 1 aliphatic heterocycles. The summed E-state index contributed by atoms with van der Waals surface area (Å²) in [6.07, 6.45) is 2.35. The molecule has 0 saturated carbocycles. The molecule has 8 heteroatoms. The molecule has 144 valence electrons. The van der Waals surface area contributed by atoms with Gasteiger partial charge in [-0.05, 0) is 37.5 Å². The van der Waals surface area contributed by atoms with Crippen LogP contribution in [0.3, 0.4) is 0 Å². The second-order valence-electron chi connectivity index (χ2n) is 6.39. The van der Waals surface area contributed by atoms with Crippen molar-refractivity contribution in [3.8, 4) is 0 Å². The van der Waals surface area contributed by atoms with Gasteiger partial charge in [0.25, 0.3) is 5.56 Å². The molecule has 3 rings (SSSR count). The highest BCUT2D eigenvalue weighted by molar-refractivity contribution is 5.95. The molecule has 0 bridgehead atoms. The van der Waals surface area contributed by atoms with Gasteiger partial charge in [-0.2, -0.15) is 0 Å². The number of hydrogen-bond acceptors (Lipinski definition) is 4. The third-order valence-corrected chi connectivity index (χ3v) is 4.78. The number of halogens is 2. The molecular formula is C18H25Cl2N3O3. The summed E-state index contributed by atoms with van der Waals surface area (Å²) in [6.45, 7) is 3.19. The standard InChI is InChI=1S/C18H23N3O3.2ClH/c1-3-11(18(23)24)10-21(2)12-6-7-13-15(9-12)20-17(22)14-5-4-8-19-16(13)14;;/h6-7,9,11,19H,3-5,8,10H2,1-2H3,(H,20,22)(H,23,24);2*1H. The molecule has 0 radical (unpaired) electrons. The monoisotopic (exact) mass is 401 g/mol. The van der Waals surface area contributed by atoms with E-state index in [4.69, 9.17) is 0 Å². The number of nitrogens with zero attached hydrogens (tertiary/aromatic N) is 1. The zero-order valence-corrected chi connectivity index (χ0v) is 16.5. The van der Waals surface area contributed by atoms with Crippen LogP contribution in [0, 0.1) is 5.92 Å². The van der Waals surface area contributed by atoms with Crippen molar-refractivity contribution in [3.63, 3.8) is 0 Å². The molecule has 3 N–H and O–H groups in total. The van der Waals surface area contributed by atoms with Crippen molar-refractivity contribution in [2.45, 2.75) is 26.2 Å². The summed E-state index contributed by atoms with van der Waals surface area (Å²) in [6, 6.07) is 5.89. The Kier molecular flexibility index (Phi) is 7.78. The van der Waals surface area contributed by atoms with Crippen LogP contribution >= 0.6 is 24.8 Å². The lowest BCUT2D eigenvalue weighted by atomic mass is 10.0. The number of aliphatic carboxylic acids is 1. The fraction of sp³-hybridized carbons (Fsp3) is 0.444. The van der Waals surface area contributed by atoms with Gasteiger partial charge in [-0.1, -0.05) is 6.92 Å². The van der Waals surface area contributed by atoms with E-state index >= 15 is 0 Å². The third kappa shape index (κ3) is 4.24. The number of hydrogen-bond donors (Lipinski definition) is 3. The number of H-pyrrole nitrogens is 1. The molecule has 0 aliphatic carbocycles. The van der Waals surface area contributed by atoms with Gasteiger partial charge in [0, 0.05) is 36.8 Å². The van der Waals surface area contributed by atoms with Crippen LogP contribution in [0.25, 0.3) is 10.9 Å². The Labute approximate surface area is 164 Å². The van der Waals surface area contributed by atoms with Crippen LogP contribution in [-0.2, 0) is 11.2 Å². The van der Waals surface area contributed by atoms with E-state index in [9.17, 15) is 14.7 Å². The van der Waals surface area contributed by atoms with E-state index in [0.717, 1.165) is 47.2 Å². The molecule has 0 fully saturated rings. The van der Waals surface area contributed by atoms with Gasteiger partial charge in [0.15, 0.2) is 0 Å². The van der Waals surface area contributed by atoms with Crippen LogP contribution in [-0.4, -0.2) is 36.2 Å². The summed E-state index contributed by atoms with van der Waals surface area (Å²) < 4.78 is 0. The molecule has 6 nitrogen and oxygen atoms in total. The SMILES string of the molecule is CCC(CN(C)c1ccc2c3c(c(=O)[nH]c2c1)CCCN3)C(=O)O.Cl.Cl. The fourth-order valence-corrected chi connectivity index (χ4v) is 3.30. The molecule has 26 heavy (non-hydrogen) atoms. The average Bonchev–Trinajstić information content (AvgIpc) is 2.59. The van der Waals surface area contributed by atoms with Crippen molar-refractivity contribution in [3.05, 3.63) is 34.1 Å². The van der Waals surface area contributed by atoms with Crippen molar-refractivity contribution >= 4 is 53.1 Å². The summed E-state index contributed by atoms with van der Waals surface area (Å²) >= 11 is 0. The van der Waals surface area contributed by atoms with Crippen molar-refractivity contribution in [2.75, 3.05) is 30.4 Å². The van der Waals surface area contributed by atoms with E-state index < -0.39 is 11.9 Å². The Morgan fingerprint density at radius 3 is 2.73 bits per heavy atom. The first-order valence-electron chi connectivity index (χ1n) is 8.38. The molecule has 2 aromatic rings. The number of pyridine rings is 1. The number of fused-ring (bicyclic) bond motifs is 3. The van der Waals surface area contributed by atoms with Crippen molar-refractivity contribution in [1.82, 2.24) is 4.98 Å². The molecule has 2 heterocycles. The first kappa shape index (κ1) is 22.1. The van der Waals surface area contributed by atoms with Gasteiger partial charge >= 0.3 is 5.97 Å². The minimum Gasteiger partial charge on any atom is -0.481 e. The van der Waals surface area contributed by atoms with Gasteiger partial charge in [-0.3, -0.25) is 9.59 Å². The summed E-state index contributed by atoms with van der Waals surface area (Å²) in [5.41, 5.74) is 3.40. The minimum atomic E-state index is -0.781. The molecule has 1 aliphatic rings. The van der Waals surface area contributed by atoms with Crippen molar-refractivity contribution in [2.24, 2.45) is 5.92 Å². The quantitative estimate of drug-likeness (QED) is 0.715. The predicted molar refractivity (Wildman–Crippen MR) is 111 cm³/mol. The van der Waals surface area contributed by atoms with E-state index in [0.29, 0.717) is 13.0 Å². The van der Waals surface area contributed by atoms with E-state index in [-0.39, 0.29) is 30.4 Å². The van der Waals surface area contributed by atoms with Crippen molar-refractivity contribution in [1.29, 1.82) is 0 Å². The van der Waals surface area contributed by atoms with Gasteiger partial charge in [-0.25, -0.2) is 0 Å². The van der Waals surface area contributed by atoms with Crippen LogP contribution in [0.5, 0.6) is 0 Å². The number of carbonyl (C=O) groups is 1. The lowest BCUT2D eigenvalue weighted by Gasteiger charge is -2.24. The molecule has 0 spiro atoms. The Morgan fingerprint density at radius 2 is 2.08 bits per heavy atom. The maximum absolute atomic E-state index is 12.3. The number of aromatic nitrogens is 1. The molecule has 0 amide bonds. The van der Waals surface area contributed by atoms with Gasteiger partial charge in [-0.15, -0.1) is 24.8 Å². The van der Waals surface area contributed by atoms with Crippen LogP contribution < -0.4 is 15.8 Å². The molecule has 1 aromatic carbocycles. The van der Waals surface area contributed by atoms with Crippen LogP contribution in [0.15, 0.2) is 23.0 Å². The number of anilines is 2. The average molecular weight is 402 g/mol. The Morgan fingerprint density at radius 1 is 1.35 bits per heavy atom. The normalized spacial score (nSPS) is 13.6. The van der Waals surface area contributed by atoms with E-state index in [2.05, 4.69) is 10.3 Å². The number of carboxylic acids is 1. The van der Waals surface area contributed by atoms with Crippen LogP contribution in [0.1, 0.15) is 25.3 Å². The molecule has 0 saturated heterocycles. The number of carboxylic acid groups (broad SMARTS) is 1. The summed E-state index contributed by atoms with van der Waals surface area (Å²) in [7, 11) is 1.88. The lowest BCUT2D eigenvalue weighted by molar-refractivity contribution is -0.141. The highest BCUT2D eigenvalue weighted by Gasteiger charge is 2.19. The first-order chi connectivity index (χ1) is 11.5. The number of benzene rings is 1. The highest BCUT2D eigenvalue weighted by Crippen LogP contribution is 2.30. The van der Waals surface area contributed by atoms with E-state index in [1.54, 1.807) is 0 Å². The molecule has 1 aromatic heterocycles. The third-order valence-electron chi connectivity index (χ3n) is 4.78. The smallest absolute Gasteiger partial charge is 0.308 e. The number of rotatable bonds is 5. The lowest BCUT2D eigenvalue weighted by Crippen LogP contribution is -2.30. The Hall–Kier alpha value is -1.92. The molecule has 1 atom stereocenters. The Balaban J connectivity index is 0.00000169. The summed E-state index contributed by atoms with van der Waals surface area (Å²) in [5, 5.41) is 13.6. The fourth-order valence-electron chi connectivity index (χ4n) is 3.30. The largest absolute Gasteiger partial charge is 0.481 e. The predicted octanol–water partition coefficient (Wildman–Crippen LogP) is 3.28. The zero-order valence-electron chi connectivity index (χ0n) is 14.9. The van der Waals surface area contributed by atoms with Gasteiger partial charge in [0.05, 0.1) is 17.1 Å². The first-order valence-corrected chi connectivity index (χ1v) is 8.38. The van der Waals surface area contributed by atoms with Crippen molar-refractivity contribution < 1.29 is 9.90 Å². The maximum atomic E-state index is 12.3. The molecular weight excluding hydrogens is 377 g/mol. The summed E-state index contributed by atoms with van der Waals surface area (Å²) in [5.74, 6) is -1.19. The highest BCUT2D eigenvalue weighted by atomic mass is 35.5. The van der Waals surface area contributed by atoms with Gasteiger partial charge < -0.3 is 20.3 Å². The Bertz CT molecular complexity index is 838. The van der Waals surface area contributed by atoms with Gasteiger partial charge in [0.1, 0.15) is 0 Å². The van der Waals surface area contributed by atoms with Crippen LogP contribution in [0.2, 0.25) is 0 Å². The zero-order chi connectivity index (χ0) is 17.3. The number of nitrogens with one attached hydrogen (secondary N) is 2. The molecule has 1 unspecified atom stereocenters. The van der Waals surface area contributed by atoms with Gasteiger partial charge in [0.2, 0.25) is 0 Å². The maximum Gasteiger partial charge on any atom is 0.308 e. The van der Waals surface area contributed by atoms with E-state index in [1.165, 1.54) is 0 Å².